The highest BCUT2D eigenvalue weighted by molar-refractivity contribution is 14.1. The zero-order valence-electron chi connectivity index (χ0n) is 9.90. The Labute approximate surface area is 113 Å². The van der Waals surface area contributed by atoms with Gasteiger partial charge in [0.1, 0.15) is 0 Å². The molecule has 0 unspecified atom stereocenters. The molecule has 4 nitrogen and oxygen atoms in total. The normalized spacial score (nSPS) is 11.1. The monoisotopic (exact) mass is 344 g/mol. The van der Waals surface area contributed by atoms with Gasteiger partial charge in [-0.3, -0.25) is 4.68 Å². The van der Waals surface area contributed by atoms with Crippen LogP contribution >= 0.6 is 22.6 Å². The van der Waals surface area contributed by atoms with Crippen LogP contribution in [0.4, 0.5) is 0 Å². The second-order valence-electron chi connectivity index (χ2n) is 4.09. The molecule has 0 aliphatic carbocycles. The topological polar surface area (TPSA) is 44.1 Å². The molecule has 1 aromatic heterocycles. The van der Waals surface area contributed by atoms with Crippen molar-refractivity contribution in [1.29, 1.82) is 0 Å². The van der Waals surface area contributed by atoms with Crippen molar-refractivity contribution in [2.24, 2.45) is 0 Å². The zero-order chi connectivity index (χ0) is 12.6. The molecule has 0 aliphatic heterocycles. The molecule has 17 heavy (non-hydrogen) atoms. The summed E-state index contributed by atoms with van der Waals surface area (Å²) in [6.45, 7) is 4.14. The fourth-order valence-electron chi connectivity index (χ4n) is 1.60. The number of rotatable bonds is 2. The van der Waals surface area contributed by atoms with Gasteiger partial charge in [-0.15, -0.1) is 0 Å². The molecule has 0 radical (unpaired) electrons. The Morgan fingerprint density at radius 3 is 2.76 bits per heavy atom. The van der Waals surface area contributed by atoms with Gasteiger partial charge in [-0.25, -0.2) is 4.79 Å². The van der Waals surface area contributed by atoms with E-state index in [1.165, 1.54) is 7.11 Å². The maximum atomic E-state index is 11.5. The number of methoxy groups -OCH3 is 1. The second-order valence-corrected chi connectivity index (χ2v) is 5.25. The summed E-state index contributed by atoms with van der Waals surface area (Å²) in [7, 11) is 1.38. The van der Waals surface area contributed by atoms with Crippen LogP contribution in [0.25, 0.3) is 10.9 Å². The lowest BCUT2D eigenvalue weighted by Crippen LogP contribution is -2.01. The molecule has 0 spiro atoms. The Hall–Kier alpha value is -1.11. The summed E-state index contributed by atoms with van der Waals surface area (Å²) in [4.78, 5) is 11.5. The van der Waals surface area contributed by atoms with Crippen molar-refractivity contribution in [3.05, 3.63) is 27.5 Å². The van der Waals surface area contributed by atoms with Gasteiger partial charge in [-0.05, 0) is 48.6 Å². The Bertz CT molecular complexity index is 575. The molecule has 0 saturated carbocycles. The number of carbonyl (C=O) groups excluding carboxylic acids is 1. The minimum Gasteiger partial charge on any atom is -0.465 e. The van der Waals surface area contributed by atoms with Crippen molar-refractivity contribution in [2.45, 2.75) is 19.9 Å². The molecule has 5 heteroatoms. The number of benzene rings is 1. The largest absolute Gasteiger partial charge is 0.465 e. The molecule has 0 amide bonds. The van der Waals surface area contributed by atoms with Crippen LogP contribution < -0.4 is 0 Å². The van der Waals surface area contributed by atoms with E-state index in [1.807, 2.05) is 16.9 Å². The van der Waals surface area contributed by atoms with Crippen LogP contribution in [0.1, 0.15) is 30.2 Å². The molecular weight excluding hydrogens is 331 g/mol. The van der Waals surface area contributed by atoms with Gasteiger partial charge in [0.15, 0.2) is 0 Å². The van der Waals surface area contributed by atoms with E-state index in [0.29, 0.717) is 11.6 Å². The van der Waals surface area contributed by atoms with E-state index in [0.717, 1.165) is 14.5 Å². The van der Waals surface area contributed by atoms with E-state index in [2.05, 4.69) is 41.5 Å². The third-order valence-electron chi connectivity index (χ3n) is 2.54. The number of hydrogen-bond acceptors (Lipinski definition) is 3. The van der Waals surface area contributed by atoms with Crippen molar-refractivity contribution in [3.63, 3.8) is 0 Å². The number of halogens is 1. The van der Waals surface area contributed by atoms with E-state index >= 15 is 0 Å². The Morgan fingerprint density at radius 1 is 1.47 bits per heavy atom. The fourth-order valence-corrected chi connectivity index (χ4v) is 2.35. The first-order valence-electron chi connectivity index (χ1n) is 5.29. The van der Waals surface area contributed by atoms with E-state index in [4.69, 9.17) is 4.74 Å². The summed E-state index contributed by atoms with van der Waals surface area (Å²) in [6.07, 6.45) is 2.00. The van der Waals surface area contributed by atoms with Gasteiger partial charge in [0.05, 0.1) is 18.2 Å². The summed E-state index contributed by atoms with van der Waals surface area (Å²) >= 11 is 2.21. The first-order chi connectivity index (χ1) is 8.02. The van der Waals surface area contributed by atoms with Gasteiger partial charge in [-0.1, -0.05) is 0 Å². The summed E-state index contributed by atoms with van der Waals surface area (Å²) in [6, 6.07) is 3.89. The number of esters is 1. The Morgan fingerprint density at radius 2 is 2.18 bits per heavy atom. The van der Waals surface area contributed by atoms with Gasteiger partial charge in [0.25, 0.3) is 0 Å². The predicted molar refractivity (Wildman–Crippen MR) is 74.2 cm³/mol. The van der Waals surface area contributed by atoms with E-state index in [-0.39, 0.29) is 5.97 Å². The molecule has 0 atom stereocenters. The van der Waals surface area contributed by atoms with Crippen molar-refractivity contribution in [1.82, 2.24) is 9.78 Å². The van der Waals surface area contributed by atoms with Crippen LogP contribution in [0.15, 0.2) is 18.3 Å². The van der Waals surface area contributed by atoms with Gasteiger partial charge in [0, 0.05) is 21.2 Å². The maximum absolute atomic E-state index is 11.5. The van der Waals surface area contributed by atoms with E-state index in [9.17, 15) is 4.79 Å². The lowest BCUT2D eigenvalue weighted by Gasteiger charge is -2.02. The average Bonchev–Trinajstić information content (AvgIpc) is 2.72. The van der Waals surface area contributed by atoms with Crippen LogP contribution in [0.5, 0.6) is 0 Å². The van der Waals surface area contributed by atoms with E-state index in [1.54, 1.807) is 6.07 Å². The third kappa shape index (κ3) is 2.29. The smallest absolute Gasteiger partial charge is 0.337 e. The molecule has 0 saturated heterocycles. The van der Waals surface area contributed by atoms with Crippen molar-refractivity contribution >= 4 is 39.5 Å². The summed E-state index contributed by atoms with van der Waals surface area (Å²) in [5, 5.41) is 5.52. The van der Waals surface area contributed by atoms with Crippen LogP contribution in [-0.2, 0) is 4.74 Å². The minimum atomic E-state index is -0.330. The van der Waals surface area contributed by atoms with Gasteiger partial charge < -0.3 is 4.74 Å². The Kier molecular flexibility index (Phi) is 3.37. The zero-order valence-corrected chi connectivity index (χ0v) is 12.1. The Balaban J connectivity index is 2.61. The van der Waals surface area contributed by atoms with Crippen LogP contribution in [0.3, 0.4) is 0 Å². The summed E-state index contributed by atoms with van der Waals surface area (Å²) < 4.78 is 7.62. The first kappa shape index (κ1) is 12.3. The van der Waals surface area contributed by atoms with Crippen LogP contribution in [-0.4, -0.2) is 22.9 Å². The SMILES string of the molecule is COC(=O)c1cc(I)c2cn(C(C)C)nc2c1. The lowest BCUT2D eigenvalue weighted by molar-refractivity contribution is 0.0601. The summed E-state index contributed by atoms with van der Waals surface area (Å²) in [5.41, 5.74) is 1.37. The van der Waals surface area contributed by atoms with E-state index < -0.39 is 0 Å². The molecule has 1 heterocycles. The van der Waals surface area contributed by atoms with Crippen molar-refractivity contribution < 1.29 is 9.53 Å². The number of hydrogen-bond donors (Lipinski definition) is 0. The lowest BCUT2D eigenvalue weighted by atomic mass is 10.2. The molecule has 0 bridgehead atoms. The molecule has 90 valence electrons. The highest BCUT2D eigenvalue weighted by Gasteiger charge is 2.12. The number of ether oxygens (including phenoxy) is 1. The molecule has 2 aromatic rings. The van der Waals surface area contributed by atoms with Gasteiger partial charge >= 0.3 is 5.97 Å². The molecule has 1 aromatic carbocycles. The number of aromatic nitrogens is 2. The standard InChI is InChI=1S/C12H13IN2O2/c1-7(2)15-6-9-10(13)4-8(12(16)17-3)5-11(9)14-15/h4-7H,1-3H3. The maximum Gasteiger partial charge on any atom is 0.337 e. The molecular formula is C12H13IN2O2. The number of nitrogens with zero attached hydrogens (tertiary/aromatic N) is 2. The molecule has 0 fully saturated rings. The third-order valence-corrected chi connectivity index (χ3v) is 3.43. The average molecular weight is 344 g/mol. The van der Waals surface area contributed by atoms with Gasteiger partial charge in [-0.2, -0.15) is 5.10 Å². The highest BCUT2D eigenvalue weighted by atomic mass is 127. The number of carbonyl (C=O) groups is 1. The second kappa shape index (κ2) is 4.64. The highest BCUT2D eigenvalue weighted by Crippen LogP contribution is 2.23. The summed E-state index contributed by atoms with van der Waals surface area (Å²) in [5.74, 6) is -0.330. The number of fused-ring (bicyclic) bond motifs is 1. The molecule has 0 aliphatic rings. The van der Waals surface area contributed by atoms with Crippen LogP contribution in [0.2, 0.25) is 0 Å². The first-order valence-corrected chi connectivity index (χ1v) is 6.37. The predicted octanol–water partition coefficient (Wildman–Crippen LogP) is 3.01. The van der Waals surface area contributed by atoms with Crippen molar-refractivity contribution in [3.8, 4) is 0 Å². The van der Waals surface area contributed by atoms with Gasteiger partial charge in [0.2, 0.25) is 0 Å². The quantitative estimate of drug-likeness (QED) is 0.621. The fraction of sp³-hybridized carbons (Fsp3) is 0.333. The minimum absolute atomic E-state index is 0.305. The van der Waals surface area contributed by atoms with Crippen molar-refractivity contribution in [2.75, 3.05) is 7.11 Å². The molecule has 2 rings (SSSR count). The van der Waals surface area contributed by atoms with Crippen LogP contribution in [0, 0.1) is 3.57 Å². The molecule has 0 N–H and O–H groups in total.